The van der Waals surface area contributed by atoms with E-state index in [0.29, 0.717) is 5.89 Å². The summed E-state index contributed by atoms with van der Waals surface area (Å²) in [6.45, 7) is 2.11. The summed E-state index contributed by atoms with van der Waals surface area (Å²) in [7, 11) is 0. The summed E-state index contributed by atoms with van der Waals surface area (Å²) < 4.78 is 5.51. The Balaban J connectivity index is 2.02. The molecule has 4 heteroatoms. The molecule has 1 aromatic heterocycles. The van der Waals surface area contributed by atoms with Crippen molar-refractivity contribution >= 4 is 15.9 Å². The molecule has 1 aliphatic rings. The van der Waals surface area contributed by atoms with Crippen molar-refractivity contribution in [2.75, 3.05) is 0 Å². The standard InChI is InChI=1S/C17H21BrN2O/c1-2-14(18)15-19-16(20-21-15)17(11-7-4-8-12-17)13-9-5-3-6-10-13/h3,5-6,9-10,14H,2,4,7-8,11-12H2,1H3. The van der Waals surface area contributed by atoms with E-state index in [1.165, 1.54) is 24.8 Å². The number of rotatable bonds is 4. The molecule has 1 atom stereocenters. The Hall–Kier alpha value is -1.16. The summed E-state index contributed by atoms with van der Waals surface area (Å²) in [6, 6.07) is 10.7. The third-order valence-corrected chi connectivity index (χ3v) is 5.57. The average Bonchev–Trinajstić information content (AvgIpc) is 3.06. The highest BCUT2D eigenvalue weighted by atomic mass is 79.9. The minimum absolute atomic E-state index is 0.0677. The SMILES string of the molecule is CCC(Br)c1nc(C2(c3ccccc3)CCCCC2)no1. The summed E-state index contributed by atoms with van der Waals surface area (Å²) in [5.41, 5.74) is 1.25. The molecule has 21 heavy (non-hydrogen) atoms. The number of halogens is 1. The number of alkyl halides is 1. The molecule has 3 nitrogen and oxygen atoms in total. The second-order valence-corrected chi connectivity index (χ2v) is 6.95. The van der Waals surface area contributed by atoms with E-state index in [1.54, 1.807) is 0 Å². The van der Waals surface area contributed by atoms with Crippen molar-refractivity contribution in [3.63, 3.8) is 0 Å². The van der Waals surface area contributed by atoms with E-state index in [1.807, 2.05) is 0 Å². The molecule has 0 aliphatic heterocycles. The maximum Gasteiger partial charge on any atom is 0.240 e. The average molecular weight is 349 g/mol. The van der Waals surface area contributed by atoms with Gasteiger partial charge in [-0.25, -0.2) is 0 Å². The molecule has 0 bridgehead atoms. The van der Waals surface area contributed by atoms with Gasteiger partial charge in [0.15, 0.2) is 5.82 Å². The van der Waals surface area contributed by atoms with E-state index in [2.05, 4.69) is 58.3 Å². The van der Waals surface area contributed by atoms with Crippen LogP contribution in [0.4, 0.5) is 0 Å². The number of benzene rings is 1. The number of hydrogen-bond acceptors (Lipinski definition) is 3. The number of hydrogen-bond donors (Lipinski definition) is 0. The first-order chi connectivity index (χ1) is 10.3. The smallest absolute Gasteiger partial charge is 0.240 e. The van der Waals surface area contributed by atoms with Gasteiger partial charge in [0.05, 0.1) is 10.2 Å². The molecular formula is C17H21BrN2O. The zero-order chi connectivity index (χ0) is 14.7. The second kappa shape index (κ2) is 6.30. The van der Waals surface area contributed by atoms with Gasteiger partial charge in [-0.15, -0.1) is 0 Å². The van der Waals surface area contributed by atoms with E-state index in [-0.39, 0.29) is 10.2 Å². The largest absolute Gasteiger partial charge is 0.338 e. The summed E-state index contributed by atoms with van der Waals surface area (Å²) >= 11 is 3.60. The molecule has 112 valence electrons. The van der Waals surface area contributed by atoms with Gasteiger partial charge in [0.2, 0.25) is 5.89 Å². The van der Waals surface area contributed by atoms with Crippen molar-refractivity contribution in [1.29, 1.82) is 0 Å². The zero-order valence-corrected chi connectivity index (χ0v) is 14.0. The van der Waals surface area contributed by atoms with E-state index in [9.17, 15) is 0 Å². The molecule has 1 aliphatic carbocycles. The minimum atomic E-state index is -0.0677. The summed E-state index contributed by atoms with van der Waals surface area (Å²) in [6.07, 6.45) is 6.91. The number of nitrogens with zero attached hydrogens (tertiary/aromatic N) is 2. The van der Waals surface area contributed by atoms with Crippen molar-refractivity contribution in [2.24, 2.45) is 0 Å². The van der Waals surface area contributed by atoms with Crippen molar-refractivity contribution in [3.05, 3.63) is 47.6 Å². The Bertz CT molecular complexity index is 575. The molecule has 3 rings (SSSR count). The first kappa shape index (κ1) is 14.8. The fourth-order valence-corrected chi connectivity index (χ4v) is 3.47. The highest BCUT2D eigenvalue weighted by molar-refractivity contribution is 9.09. The van der Waals surface area contributed by atoms with Crippen molar-refractivity contribution < 1.29 is 4.52 Å². The third-order valence-electron chi connectivity index (χ3n) is 4.53. The van der Waals surface area contributed by atoms with Crippen LogP contribution in [0.1, 0.15) is 67.6 Å². The van der Waals surface area contributed by atoms with Gasteiger partial charge in [-0.1, -0.05) is 77.6 Å². The van der Waals surface area contributed by atoms with Gasteiger partial charge < -0.3 is 4.52 Å². The molecule has 0 N–H and O–H groups in total. The molecule has 1 fully saturated rings. The fraction of sp³-hybridized carbons (Fsp3) is 0.529. The lowest BCUT2D eigenvalue weighted by molar-refractivity contribution is 0.308. The topological polar surface area (TPSA) is 38.9 Å². The van der Waals surface area contributed by atoms with Gasteiger partial charge in [-0.05, 0) is 24.8 Å². The fourth-order valence-electron chi connectivity index (χ4n) is 3.29. The van der Waals surface area contributed by atoms with Crippen LogP contribution < -0.4 is 0 Å². The van der Waals surface area contributed by atoms with E-state index < -0.39 is 0 Å². The number of aromatic nitrogens is 2. The van der Waals surface area contributed by atoms with Crippen LogP contribution in [0.25, 0.3) is 0 Å². The molecule has 1 aromatic carbocycles. The lowest BCUT2D eigenvalue weighted by Crippen LogP contribution is -2.31. The van der Waals surface area contributed by atoms with Crippen LogP contribution in [0.3, 0.4) is 0 Å². The van der Waals surface area contributed by atoms with E-state index >= 15 is 0 Å². The lowest BCUT2D eigenvalue weighted by Gasteiger charge is -2.35. The van der Waals surface area contributed by atoms with E-state index in [4.69, 9.17) is 9.51 Å². The van der Waals surface area contributed by atoms with Gasteiger partial charge in [0, 0.05) is 0 Å². The maximum atomic E-state index is 5.51. The summed E-state index contributed by atoms with van der Waals surface area (Å²) in [5.74, 6) is 1.56. The highest BCUT2D eigenvalue weighted by Gasteiger charge is 2.40. The van der Waals surface area contributed by atoms with E-state index in [0.717, 1.165) is 25.1 Å². The van der Waals surface area contributed by atoms with Gasteiger partial charge >= 0.3 is 0 Å². The van der Waals surface area contributed by atoms with Gasteiger partial charge in [0.1, 0.15) is 0 Å². The Morgan fingerprint density at radius 1 is 1.19 bits per heavy atom. The zero-order valence-electron chi connectivity index (χ0n) is 12.4. The third kappa shape index (κ3) is 2.78. The van der Waals surface area contributed by atoms with Crippen molar-refractivity contribution in [1.82, 2.24) is 10.1 Å². The predicted molar refractivity (Wildman–Crippen MR) is 86.6 cm³/mol. The van der Waals surface area contributed by atoms with Crippen LogP contribution in [0.15, 0.2) is 34.9 Å². The second-order valence-electron chi connectivity index (χ2n) is 5.84. The first-order valence-electron chi connectivity index (χ1n) is 7.80. The molecule has 0 saturated heterocycles. The Morgan fingerprint density at radius 2 is 1.90 bits per heavy atom. The van der Waals surface area contributed by atoms with Gasteiger partial charge in [-0.3, -0.25) is 0 Å². The van der Waals surface area contributed by atoms with Crippen molar-refractivity contribution in [2.45, 2.75) is 55.7 Å². The first-order valence-corrected chi connectivity index (χ1v) is 8.71. The van der Waals surface area contributed by atoms with Crippen LogP contribution in [-0.4, -0.2) is 10.1 Å². The molecule has 1 unspecified atom stereocenters. The minimum Gasteiger partial charge on any atom is -0.338 e. The highest BCUT2D eigenvalue weighted by Crippen LogP contribution is 2.44. The lowest BCUT2D eigenvalue weighted by atomic mass is 9.69. The Kier molecular flexibility index (Phi) is 4.43. The Morgan fingerprint density at radius 3 is 2.57 bits per heavy atom. The molecule has 2 aromatic rings. The quantitative estimate of drug-likeness (QED) is 0.715. The van der Waals surface area contributed by atoms with Crippen LogP contribution >= 0.6 is 15.9 Å². The van der Waals surface area contributed by atoms with Crippen LogP contribution in [0.5, 0.6) is 0 Å². The van der Waals surface area contributed by atoms with Crippen LogP contribution in [0, 0.1) is 0 Å². The molecular weight excluding hydrogens is 328 g/mol. The maximum absolute atomic E-state index is 5.51. The molecule has 1 heterocycles. The van der Waals surface area contributed by atoms with Gasteiger partial charge in [0.25, 0.3) is 0 Å². The molecule has 0 amide bonds. The molecule has 0 spiro atoms. The van der Waals surface area contributed by atoms with Crippen LogP contribution in [-0.2, 0) is 5.41 Å². The summed E-state index contributed by atoms with van der Waals surface area (Å²) in [5, 5.41) is 4.34. The molecule has 1 saturated carbocycles. The summed E-state index contributed by atoms with van der Waals surface area (Å²) in [4.78, 5) is 4.88. The molecule has 0 radical (unpaired) electrons. The van der Waals surface area contributed by atoms with Gasteiger partial charge in [-0.2, -0.15) is 4.98 Å². The normalized spacial score (nSPS) is 19.3. The monoisotopic (exact) mass is 348 g/mol. The van der Waals surface area contributed by atoms with Crippen molar-refractivity contribution in [3.8, 4) is 0 Å². The predicted octanol–water partition coefficient (Wildman–Crippen LogP) is 5.17. The van der Waals surface area contributed by atoms with Crippen LogP contribution in [0.2, 0.25) is 0 Å². The Labute approximate surface area is 134 Å².